The third-order valence-corrected chi connectivity index (χ3v) is 2.03. The van der Waals surface area contributed by atoms with Gasteiger partial charge in [0.25, 0.3) is 5.91 Å². The predicted molar refractivity (Wildman–Crippen MR) is 49.2 cm³/mol. The van der Waals surface area contributed by atoms with Gasteiger partial charge in [-0.1, -0.05) is 18.2 Å². The summed E-state index contributed by atoms with van der Waals surface area (Å²) >= 11 is 0. The summed E-state index contributed by atoms with van der Waals surface area (Å²) in [6, 6.07) is 7.42. The average Bonchev–Trinajstić information content (AvgIpc) is 2.18. The number of benzene rings is 1. The number of rotatable bonds is 0. The number of nitrogens with one attached hydrogen (secondary N) is 1. The first-order chi connectivity index (χ1) is 6.31. The number of nitrogens with zero attached hydrogens (tertiary/aromatic N) is 1. The van der Waals surface area contributed by atoms with E-state index in [2.05, 4.69) is 10.4 Å². The number of hydrogen-bond donors (Lipinski definition) is 2. The van der Waals surface area contributed by atoms with Gasteiger partial charge in [-0.15, -0.1) is 0 Å². The molecule has 1 amide bonds. The molecule has 0 aromatic heterocycles. The summed E-state index contributed by atoms with van der Waals surface area (Å²) < 4.78 is 0. The van der Waals surface area contributed by atoms with Gasteiger partial charge in [-0.3, -0.25) is 4.79 Å². The third kappa shape index (κ3) is 1.26. The lowest BCUT2D eigenvalue weighted by atomic mass is 10.00. The molecule has 13 heavy (non-hydrogen) atoms. The van der Waals surface area contributed by atoms with Crippen LogP contribution in [0.15, 0.2) is 29.4 Å². The number of carbonyl (C=O) groups excluding carboxylic acids is 1. The molecule has 0 saturated heterocycles. The van der Waals surface area contributed by atoms with Gasteiger partial charge in [-0.05, 0) is 11.6 Å². The van der Waals surface area contributed by atoms with Crippen molar-refractivity contribution in [3.05, 3.63) is 35.4 Å². The second-order valence-electron chi connectivity index (χ2n) is 2.86. The van der Waals surface area contributed by atoms with Crippen LogP contribution in [-0.4, -0.2) is 11.7 Å². The van der Waals surface area contributed by atoms with Crippen LogP contribution >= 0.6 is 0 Å². The Bertz CT molecular complexity index is 384. The van der Waals surface area contributed by atoms with E-state index in [1.807, 2.05) is 18.2 Å². The van der Waals surface area contributed by atoms with Gasteiger partial charge in [0.1, 0.15) is 5.84 Å². The molecule has 66 valence electrons. The Balaban J connectivity index is 2.48. The lowest BCUT2D eigenvalue weighted by Gasteiger charge is -2.16. The summed E-state index contributed by atoms with van der Waals surface area (Å²) in [4.78, 5) is 11.4. The van der Waals surface area contributed by atoms with Gasteiger partial charge in [0.2, 0.25) is 0 Å². The molecule has 0 saturated carbocycles. The molecule has 0 bridgehead atoms. The van der Waals surface area contributed by atoms with Crippen LogP contribution in [0.4, 0.5) is 0 Å². The first-order valence-electron chi connectivity index (χ1n) is 3.97. The number of amides is 1. The molecule has 4 heteroatoms. The minimum absolute atomic E-state index is 0.133. The molecule has 1 aliphatic rings. The largest absolute Gasteiger partial charge is 0.322 e. The second kappa shape index (κ2) is 2.90. The van der Waals surface area contributed by atoms with Crippen LogP contribution in [0.3, 0.4) is 0 Å². The standard InChI is InChI=1S/C9H9N3O/c10-12-8-5-6-3-1-2-4-7(6)9(13)11-8/h1-4H,5,10H2,(H,11,12,13). The maximum atomic E-state index is 11.4. The van der Waals surface area contributed by atoms with E-state index in [0.29, 0.717) is 17.8 Å². The number of carbonyl (C=O) groups is 1. The van der Waals surface area contributed by atoms with Crippen molar-refractivity contribution in [2.75, 3.05) is 0 Å². The molecule has 0 aliphatic carbocycles. The summed E-state index contributed by atoms with van der Waals surface area (Å²) in [5.41, 5.74) is 1.67. The van der Waals surface area contributed by atoms with Crippen molar-refractivity contribution < 1.29 is 4.79 Å². The Kier molecular flexibility index (Phi) is 1.73. The number of nitrogens with two attached hydrogens (primary N) is 1. The monoisotopic (exact) mass is 175 g/mol. The smallest absolute Gasteiger partial charge is 0.256 e. The van der Waals surface area contributed by atoms with E-state index in [0.717, 1.165) is 5.56 Å². The predicted octanol–water partition coefficient (Wildman–Crippen LogP) is 0.245. The molecular formula is C9H9N3O. The van der Waals surface area contributed by atoms with E-state index in [9.17, 15) is 4.79 Å². The van der Waals surface area contributed by atoms with Gasteiger partial charge < -0.3 is 11.2 Å². The third-order valence-electron chi connectivity index (χ3n) is 2.03. The Morgan fingerprint density at radius 2 is 2.15 bits per heavy atom. The van der Waals surface area contributed by atoms with Gasteiger partial charge in [-0.25, -0.2) is 0 Å². The fourth-order valence-corrected chi connectivity index (χ4v) is 1.40. The molecule has 2 rings (SSSR count). The van der Waals surface area contributed by atoms with E-state index in [1.54, 1.807) is 6.07 Å². The van der Waals surface area contributed by atoms with Gasteiger partial charge >= 0.3 is 0 Å². The average molecular weight is 175 g/mol. The highest BCUT2D eigenvalue weighted by molar-refractivity contribution is 6.11. The van der Waals surface area contributed by atoms with Gasteiger partial charge in [0, 0.05) is 12.0 Å². The topological polar surface area (TPSA) is 67.5 Å². The minimum Gasteiger partial charge on any atom is -0.322 e. The van der Waals surface area contributed by atoms with Crippen LogP contribution in [0.5, 0.6) is 0 Å². The molecule has 1 aliphatic heterocycles. The zero-order valence-corrected chi connectivity index (χ0v) is 6.95. The molecular weight excluding hydrogens is 166 g/mol. The summed E-state index contributed by atoms with van der Waals surface area (Å²) in [6.07, 6.45) is 0.596. The molecule has 0 radical (unpaired) electrons. The van der Waals surface area contributed by atoms with Gasteiger partial charge in [0.05, 0.1) is 0 Å². The molecule has 0 spiro atoms. The Labute approximate surface area is 75.4 Å². The van der Waals surface area contributed by atoms with Crippen LogP contribution in [0, 0.1) is 0 Å². The van der Waals surface area contributed by atoms with Crippen molar-refractivity contribution in [1.82, 2.24) is 5.32 Å². The zero-order valence-electron chi connectivity index (χ0n) is 6.95. The van der Waals surface area contributed by atoms with Crippen molar-refractivity contribution in [1.29, 1.82) is 0 Å². The molecule has 1 aromatic carbocycles. The van der Waals surface area contributed by atoms with E-state index in [4.69, 9.17) is 5.84 Å². The van der Waals surface area contributed by atoms with Crippen molar-refractivity contribution in [2.45, 2.75) is 6.42 Å². The lowest BCUT2D eigenvalue weighted by Crippen LogP contribution is -2.38. The minimum atomic E-state index is -0.133. The molecule has 4 nitrogen and oxygen atoms in total. The Hall–Kier alpha value is -1.84. The first kappa shape index (κ1) is 7.79. The summed E-state index contributed by atoms with van der Waals surface area (Å²) in [5, 5.41) is 6.09. The van der Waals surface area contributed by atoms with Crippen LogP contribution in [-0.2, 0) is 6.42 Å². The molecule has 1 aromatic rings. The summed E-state index contributed by atoms with van der Waals surface area (Å²) in [5.74, 6) is 5.48. The number of fused-ring (bicyclic) bond motifs is 1. The van der Waals surface area contributed by atoms with Crippen molar-refractivity contribution >= 4 is 11.7 Å². The van der Waals surface area contributed by atoms with Crippen molar-refractivity contribution in [2.24, 2.45) is 10.9 Å². The van der Waals surface area contributed by atoms with E-state index in [1.165, 1.54) is 0 Å². The highest BCUT2D eigenvalue weighted by atomic mass is 16.1. The number of amidine groups is 1. The SMILES string of the molecule is NN=C1Cc2ccccc2C(=O)N1. The van der Waals surface area contributed by atoms with Gasteiger partial charge in [0.15, 0.2) is 0 Å². The fraction of sp³-hybridized carbons (Fsp3) is 0.111. The number of hydrogen-bond acceptors (Lipinski definition) is 3. The van der Waals surface area contributed by atoms with Crippen molar-refractivity contribution in [3.8, 4) is 0 Å². The molecule has 0 atom stereocenters. The highest BCUT2D eigenvalue weighted by Gasteiger charge is 2.19. The highest BCUT2D eigenvalue weighted by Crippen LogP contribution is 2.13. The molecule has 0 unspecified atom stereocenters. The zero-order chi connectivity index (χ0) is 9.26. The molecule has 0 fully saturated rings. The lowest BCUT2D eigenvalue weighted by molar-refractivity contribution is 0.0972. The second-order valence-corrected chi connectivity index (χ2v) is 2.86. The normalized spacial score (nSPS) is 18.2. The number of hydrazone groups is 1. The van der Waals surface area contributed by atoms with Crippen LogP contribution in [0.1, 0.15) is 15.9 Å². The maximum absolute atomic E-state index is 11.4. The molecule has 1 heterocycles. The maximum Gasteiger partial charge on any atom is 0.256 e. The van der Waals surface area contributed by atoms with Crippen molar-refractivity contribution in [3.63, 3.8) is 0 Å². The quantitative estimate of drug-likeness (QED) is 0.438. The van der Waals surface area contributed by atoms with Gasteiger partial charge in [-0.2, -0.15) is 5.10 Å². The molecule has 3 N–H and O–H groups in total. The van der Waals surface area contributed by atoms with Crippen LogP contribution < -0.4 is 11.2 Å². The fourth-order valence-electron chi connectivity index (χ4n) is 1.40. The summed E-state index contributed by atoms with van der Waals surface area (Å²) in [7, 11) is 0. The Morgan fingerprint density at radius 3 is 2.92 bits per heavy atom. The van der Waals surface area contributed by atoms with Crippen LogP contribution in [0.25, 0.3) is 0 Å². The first-order valence-corrected chi connectivity index (χ1v) is 3.97. The Morgan fingerprint density at radius 1 is 1.38 bits per heavy atom. The van der Waals surface area contributed by atoms with E-state index in [-0.39, 0.29) is 5.91 Å². The van der Waals surface area contributed by atoms with E-state index >= 15 is 0 Å². The summed E-state index contributed by atoms with van der Waals surface area (Å²) in [6.45, 7) is 0. The van der Waals surface area contributed by atoms with Crippen LogP contribution in [0.2, 0.25) is 0 Å². The van der Waals surface area contributed by atoms with E-state index < -0.39 is 0 Å².